The molecule has 0 heterocycles. The van der Waals surface area contributed by atoms with Crippen molar-refractivity contribution in [2.24, 2.45) is 11.8 Å². The minimum Gasteiger partial charge on any atom is -0.390 e. The molecule has 1 rings (SSSR count). The van der Waals surface area contributed by atoms with E-state index >= 15 is 0 Å². The second-order valence-electron chi connectivity index (χ2n) is 13.0. The van der Waals surface area contributed by atoms with Crippen LogP contribution in [0.1, 0.15) is 94.9 Å². The van der Waals surface area contributed by atoms with Gasteiger partial charge in [0.1, 0.15) is 0 Å². The predicted molar refractivity (Wildman–Crippen MR) is 186 cm³/mol. The SMILES string of the molecule is CC(C)=CCC/C(C)=C/C=C/C(C)=C/C=C/C(C)=C/C=C/C=C(C)/C=C/C=C(C)/C=C/C1C(C(C)(C)O)CCC1(C)O. The first-order valence-electron chi connectivity index (χ1n) is 15.4. The molecule has 42 heavy (non-hydrogen) atoms. The molecular weight excluding hydrogens is 512 g/mol. The Labute approximate surface area is 258 Å². The highest BCUT2D eigenvalue weighted by Gasteiger charge is 2.47. The van der Waals surface area contributed by atoms with E-state index in [2.05, 4.69) is 140 Å². The largest absolute Gasteiger partial charge is 0.390 e. The Morgan fingerprint density at radius 2 is 1.17 bits per heavy atom. The summed E-state index contributed by atoms with van der Waals surface area (Å²) in [6.07, 6.45) is 37.5. The van der Waals surface area contributed by atoms with Crippen molar-refractivity contribution in [1.82, 2.24) is 0 Å². The van der Waals surface area contributed by atoms with E-state index in [1.165, 1.54) is 22.3 Å². The molecule has 3 atom stereocenters. The number of allylic oxidation sites excluding steroid dienone is 21. The van der Waals surface area contributed by atoms with Crippen LogP contribution in [0.15, 0.2) is 131 Å². The fraction of sp³-hybridized carbons (Fsp3) is 0.450. The van der Waals surface area contributed by atoms with E-state index < -0.39 is 11.2 Å². The van der Waals surface area contributed by atoms with Crippen LogP contribution in [0.2, 0.25) is 0 Å². The van der Waals surface area contributed by atoms with Gasteiger partial charge in [-0.15, -0.1) is 0 Å². The smallest absolute Gasteiger partial charge is 0.0686 e. The Balaban J connectivity index is 2.61. The first kappa shape index (κ1) is 37.1. The van der Waals surface area contributed by atoms with Gasteiger partial charge in [0, 0.05) is 5.92 Å². The minimum absolute atomic E-state index is 0.0552. The molecule has 0 aromatic rings. The maximum atomic E-state index is 10.8. The third-order valence-corrected chi connectivity index (χ3v) is 7.68. The molecule has 1 aliphatic rings. The Hall–Kier alpha value is -2.94. The van der Waals surface area contributed by atoms with Crippen molar-refractivity contribution in [3.05, 3.63) is 131 Å². The molecular formula is C40H58O2. The van der Waals surface area contributed by atoms with E-state index in [0.29, 0.717) is 6.42 Å². The van der Waals surface area contributed by atoms with Gasteiger partial charge < -0.3 is 10.2 Å². The summed E-state index contributed by atoms with van der Waals surface area (Å²) in [4.78, 5) is 0. The van der Waals surface area contributed by atoms with Crippen LogP contribution in [0.4, 0.5) is 0 Å². The summed E-state index contributed by atoms with van der Waals surface area (Å²) in [5, 5.41) is 21.3. The first-order valence-corrected chi connectivity index (χ1v) is 15.4. The predicted octanol–water partition coefficient (Wildman–Crippen LogP) is 10.8. The van der Waals surface area contributed by atoms with E-state index in [9.17, 15) is 10.2 Å². The maximum Gasteiger partial charge on any atom is 0.0686 e. The normalized spacial score (nSPS) is 24.0. The van der Waals surface area contributed by atoms with Crippen LogP contribution in [-0.4, -0.2) is 21.4 Å². The highest BCUT2D eigenvalue weighted by atomic mass is 16.3. The van der Waals surface area contributed by atoms with Crippen LogP contribution in [0.25, 0.3) is 0 Å². The summed E-state index contributed by atoms with van der Waals surface area (Å²) in [5.74, 6) is -0.00110. The standard InChI is InChI=1S/C40H58O2/c1-31(2)17-13-20-34(5)23-15-25-35(6)24-14-21-32(3)18-11-12-19-33(4)22-16-26-36(7)27-28-38-37(39(8,9)41)29-30-40(38,10)42/h11-12,14-19,21-28,37-38,41-42H,13,20,29-30H2,1-10H3/b12-11+,21-14+,22-16+,25-15+,28-27+,32-18+,33-19+,34-23+,35-24+,36-26+. The molecule has 1 saturated carbocycles. The van der Waals surface area contributed by atoms with E-state index in [1.807, 2.05) is 26.8 Å². The molecule has 0 amide bonds. The third kappa shape index (κ3) is 15.9. The van der Waals surface area contributed by atoms with Crippen molar-refractivity contribution < 1.29 is 10.2 Å². The number of hydrogen-bond acceptors (Lipinski definition) is 2. The van der Waals surface area contributed by atoms with Gasteiger partial charge in [-0.2, -0.15) is 0 Å². The van der Waals surface area contributed by atoms with Gasteiger partial charge in [0.15, 0.2) is 0 Å². The molecule has 0 spiro atoms. The molecule has 3 unspecified atom stereocenters. The van der Waals surface area contributed by atoms with Gasteiger partial charge in [-0.05, 0) is 101 Å². The molecule has 230 valence electrons. The van der Waals surface area contributed by atoms with Crippen molar-refractivity contribution >= 4 is 0 Å². The minimum atomic E-state index is -0.803. The van der Waals surface area contributed by atoms with Crippen LogP contribution >= 0.6 is 0 Å². The van der Waals surface area contributed by atoms with Crippen LogP contribution in [0, 0.1) is 11.8 Å². The van der Waals surface area contributed by atoms with Crippen molar-refractivity contribution in [1.29, 1.82) is 0 Å². The molecule has 2 N–H and O–H groups in total. The van der Waals surface area contributed by atoms with E-state index in [4.69, 9.17) is 0 Å². The van der Waals surface area contributed by atoms with E-state index in [0.717, 1.165) is 30.4 Å². The summed E-state index contributed by atoms with van der Waals surface area (Å²) in [5.41, 5.74) is 5.88. The second kappa shape index (κ2) is 18.6. The lowest BCUT2D eigenvalue weighted by Gasteiger charge is -2.33. The molecule has 0 aromatic carbocycles. The van der Waals surface area contributed by atoms with Crippen molar-refractivity contribution in [2.45, 2.75) is 106 Å². The van der Waals surface area contributed by atoms with Gasteiger partial charge in [0.25, 0.3) is 0 Å². The molecule has 0 aliphatic heterocycles. The van der Waals surface area contributed by atoms with E-state index in [-0.39, 0.29) is 11.8 Å². The summed E-state index contributed by atoms with van der Waals surface area (Å²) in [6, 6.07) is 0. The van der Waals surface area contributed by atoms with Gasteiger partial charge in [-0.25, -0.2) is 0 Å². The lowest BCUT2D eigenvalue weighted by molar-refractivity contribution is -0.0294. The van der Waals surface area contributed by atoms with Crippen LogP contribution in [-0.2, 0) is 0 Å². The summed E-state index contributed by atoms with van der Waals surface area (Å²) in [6.45, 7) is 20.4. The second-order valence-corrected chi connectivity index (χ2v) is 13.0. The molecule has 1 fully saturated rings. The summed E-state index contributed by atoms with van der Waals surface area (Å²) in [7, 11) is 0. The quantitative estimate of drug-likeness (QED) is 0.161. The fourth-order valence-corrected chi connectivity index (χ4v) is 4.99. The van der Waals surface area contributed by atoms with Gasteiger partial charge in [-0.1, -0.05) is 131 Å². The number of aliphatic hydroxyl groups is 2. The Morgan fingerprint density at radius 3 is 1.64 bits per heavy atom. The Morgan fingerprint density at radius 1 is 0.714 bits per heavy atom. The average molecular weight is 571 g/mol. The molecule has 0 radical (unpaired) electrons. The van der Waals surface area contributed by atoms with Gasteiger partial charge >= 0.3 is 0 Å². The Bertz CT molecular complexity index is 1190. The summed E-state index contributed by atoms with van der Waals surface area (Å²) >= 11 is 0. The average Bonchev–Trinajstić information content (AvgIpc) is 3.19. The zero-order valence-electron chi connectivity index (χ0n) is 28.1. The van der Waals surface area contributed by atoms with Gasteiger partial charge in [-0.3, -0.25) is 0 Å². The fourth-order valence-electron chi connectivity index (χ4n) is 4.99. The highest BCUT2D eigenvalue weighted by molar-refractivity contribution is 5.32. The lowest BCUT2D eigenvalue weighted by Crippen LogP contribution is -2.39. The molecule has 0 saturated heterocycles. The van der Waals surface area contributed by atoms with Crippen LogP contribution < -0.4 is 0 Å². The molecule has 0 aromatic heterocycles. The first-order chi connectivity index (χ1) is 19.6. The maximum absolute atomic E-state index is 10.8. The molecule has 0 bridgehead atoms. The topological polar surface area (TPSA) is 40.5 Å². The van der Waals surface area contributed by atoms with Crippen molar-refractivity contribution in [3.63, 3.8) is 0 Å². The lowest BCUT2D eigenvalue weighted by atomic mass is 9.78. The number of rotatable bonds is 14. The van der Waals surface area contributed by atoms with Crippen molar-refractivity contribution in [3.8, 4) is 0 Å². The van der Waals surface area contributed by atoms with Crippen molar-refractivity contribution in [2.75, 3.05) is 0 Å². The zero-order valence-corrected chi connectivity index (χ0v) is 28.1. The number of hydrogen-bond donors (Lipinski definition) is 2. The van der Waals surface area contributed by atoms with Crippen LogP contribution in [0.3, 0.4) is 0 Å². The molecule has 2 nitrogen and oxygen atoms in total. The highest BCUT2D eigenvalue weighted by Crippen LogP contribution is 2.46. The van der Waals surface area contributed by atoms with E-state index in [1.54, 1.807) is 0 Å². The van der Waals surface area contributed by atoms with Crippen LogP contribution in [0.5, 0.6) is 0 Å². The zero-order chi connectivity index (χ0) is 31.8. The Kier molecular flexibility index (Phi) is 16.4. The van der Waals surface area contributed by atoms with Gasteiger partial charge in [0.2, 0.25) is 0 Å². The summed E-state index contributed by atoms with van der Waals surface area (Å²) < 4.78 is 0. The monoisotopic (exact) mass is 570 g/mol. The molecule has 2 heteroatoms. The third-order valence-electron chi connectivity index (χ3n) is 7.68. The van der Waals surface area contributed by atoms with Gasteiger partial charge in [0.05, 0.1) is 11.2 Å². The molecule has 1 aliphatic carbocycles.